The molecular weight excluding hydrogens is 341 g/mol. The van der Waals surface area contributed by atoms with Crippen LogP contribution in [0.3, 0.4) is 0 Å². The van der Waals surface area contributed by atoms with E-state index in [1.807, 2.05) is 4.90 Å². The Morgan fingerprint density at radius 3 is 1.62 bits per heavy atom. The van der Waals surface area contributed by atoms with Crippen molar-refractivity contribution in [2.75, 3.05) is 19.6 Å². The van der Waals surface area contributed by atoms with Crippen molar-refractivity contribution in [3.05, 3.63) is 0 Å². The van der Waals surface area contributed by atoms with Crippen LogP contribution in [-0.2, 0) is 0 Å². The predicted molar refractivity (Wildman–Crippen MR) is 105 cm³/mol. The van der Waals surface area contributed by atoms with E-state index in [9.17, 15) is 17.3 Å². The quantitative estimate of drug-likeness (QED) is 0.216. The maximum absolute atomic E-state index is 9.75. The molecule has 1 N–H and O–H groups in total. The van der Waals surface area contributed by atoms with Crippen molar-refractivity contribution >= 4 is 7.25 Å². The van der Waals surface area contributed by atoms with E-state index < -0.39 is 7.25 Å². The molecule has 1 fully saturated rings. The smallest absolute Gasteiger partial charge is 0.418 e. The molecule has 0 aromatic heterocycles. The van der Waals surface area contributed by atoms with E-state index in [0.717, 1.165) is 5.92 Å². The van der Waals surface area contributed by atoms with Gasteiger partial charge in [0.05, 0.1) is 19.6 Å². The molecule has 26 heavy (non-hydrogen) atoms. The third-order valence-electron chi connectivity index (χ3n) is 5.25. The second-order valence-electron chi connectivity index (χ2n) is 8.09. The summed E-state index contributed by atoms with van der Waals surface area (Å²) in [5.41, 5.74) is 0. The fourth-order valence-electron chi connectivity index (χ4n) is 3.84. The first kappa shape index (κ1) is 25.7. The van der Waals surface area contributed by atoms with Crippen LogP contribution in [0.2, 0.25) is 0 Å². The number of halogens is 4. The highest BCUT2D eigenvalue weighted by molar-refractivity contribution is 6.50. The van der Waals surface area contributed by atoms with Gasteiger partial charge in [-0.05, 0) is 25.7 Å². The van der Waals surface area contributed by atoms with Gasteiger partial charge in [-0.3, -0.25) is 0 Å². The third kappa shape index (κ3) is 21.8. The molecule has 1 aliphatic rings. The van der Waals surface area contributed by atoms with Crippen LogP contribution in [0.25, 0.3) is 0 Å². The summed E-state index contributed by atoms with van der Waals surface area (Å²) in [6.07, 6.45) is 20.6. The largest absolute Gasteiger partial charge is 0.673 e. The second kappa shape index (κ2) is 16.9. The molecule has 0 radical (unpaired) electrons. The molecule has 0 aliphatic carbocycles. The zero-order chi connectivity index (χ0) is 19.7. The average Bonchev–Trinajstić information content (AvgIpc) is 2.54. The Kier molecular flexibility index (Phi) is 16.7. The van der Waals surface area contributed by atoms with Crippen molar-refractivity contribution in [1.82, 2.24) is 0 Å². The molecular formula is C20H42BF4N. The summed E-state index contributed by atoms with van der Waals surface area (Å²) in [7, 11) is -6.00. The van der Waals surface area contributed by atoms with Crippen molar-refractivity contribution < 1.29 is 22.2 Å². The minimum Gasteiger partial charge on any atom is -0.418 e. The van der Waals surface area contributed by atoms with Crippen molar-refractivity contribution in [3.63, 3.8) is 0 Å². The van der Waals surface area contributed by atoms with Crippen LogP contribution in [0.15, 0.2) is 0 Å². The molecule has 0 bridgehead atoms. The number of rotatable bonds is 13. The van der Waals surface area contributed by atoms with Crippen molar-refractivity contribution in [2.24, 2.45) is 5.92 Å². The number of hydrogen-bond acceptors (Lipinski definition) is 0. The summed E-state index contributed by atoms with van der Waals surface area (Å²) in [6.45, 7) is 9.07. The van der Waals surface area contributed by atoms with E-state index in [1.165, 1.54) is 110 Å². The molecule has 158 valence electrons. The molecule has 0 aromatic rings. The molecule has 1 aliphatic heterocycles. The van der Waals surface area contributed by atoms with Gasteiger partial charge < -0.3 is 22.2 Å². The van der Waals surface area contributed by atoms with Crippen LogP contribution >= 0.6 is 0 Å². The molecule has 6 heteroatoms. The van der Waals surface area contributed by atoms with Gasteiger partial charge in [0.25, 0.3) is 0 Å². The Morgan fingerprint density at radius 1 is 0.769 bits per heavy atom. The Hall–Kier alpha value is -0.255. The second-order valence-corrected chi connectivity index (χ2v) is 8.09. The summed E-state index contributed by atoms with van der Waals surface area (Å²) < 4.78 is 39.0. The fourth-order valence-corrected chi connectivity index (χ4v) is 3.84. The van der Waals surface area contributed by atoms with E-state index in [-0.39, 0.29) is 0 Å². The van der Waals surface area contributed by atoms with Crippen molar-refractivity contribution in [3.8, 4) is 0 Å². The van der Waals surface area contributed by atoms with E-state index in [0.29, 0.717) is 0 Å². The highest BCUT2D eigenvalue weighted by atomic mass is 19.5. The molecule has 0 aromatic carbocycles. The topological polar surface area (TPSA) is 4.44 Å². The maximum atomic E-state index is 9.75. The van der Waals surface area contributed by atoms with Gasteiger partial charge >= 0.3 is 7.25 Å². The molecule has 0 spiro atoms. The highest BCUT2D eigenvalue weighted by Crippen LogP contribution is 2.12. The summed E-state index contributed by atoms with van der Waals surface area (Å²) in [5.74, 6) is 0.978. The fraction of sp³-hybridized carbons (Fsp3) is 1.00. The normalized spacial score (nSPS) is 20.5. The van der Waals surface area contributed by atoms with Crippen molar-refractivity contribution in [1.29, 1.82) is 0 Å². The molecule has 0 saturated carbocycles. The average molecular weight is 383 g/mol. The number of quaternary nitrogens is 1. The zero-order valence-corrected chi connectivity index (χ0v) is 17.2. The first-order valence-electron chi connectivity index (χ1n) is 11.0. The lowest BCUT2D eigenvalue weighted by Gasteiger charge is -2.27. The standard InChI is InChI=1S/C20H41N.BF4/c1-3-4-5-6-7-8-9-10-11-12-13-14-17-21-18-15-16-20(2)19-21;2-1(3,4)5/h20H,3-19H2,1-2H3;/q;-1/p+1. The minimum atomic E-state index is -6.00. The molecule has 1 heterocycles. The number of nitrogens with one attached hydrogen (secondary N) is 1. The van der Waals surface area contributed by atoms with Crippen LogP contribution < -0.4 is 4.90 Å². The van der Waals surface area contributed by atoms with E-state index in [2.05, 4.69) is 13.8 Å². The van der Waals surface area contributed by atoms with Crippen LogP contribution in [0.5, 0.6) is 0 Å². The molecule has 2 unspecified atom stereocenters. The van der Waals surface area contributed by atoms with Crippen molar-refractivity contribution in [2.45, 2.75) is 104 Å². The Morgan fingerprint density at radius 2 is 1.19 bits per heavy atom. The van der Waals surface area contributed by atoms with Crippen LogP contribution in [-0.4, -0.2) is 26.9 Å². The van der Waals surface area contributed by atoms with E-state index >= 15 is 0 Å². The predicted octanol–water partition coefficient (Wildman–Crippen LogP) is 6.30. The van der Waals surface area contributed by atoms with Gasteiger partial charge in [-0.15, -0.1) is 0 Å². The Bertz CT molecular complexity index is 294. The van der Waals surface area contributed by atoms with Gasteiger partial charge in [-0.1, -0.05) is 78.1 Å². The maximum Gasteiger partial charge on any atom is 0.673 e. The van der Waals surface area contributed by atoms with Crippen LogP contribution in [0, 0.1) is 5.92 Å². The van der Waals surface area contributed by atoms with Gasteiger partial charge in [-0.25, -0.2) is 0 Å². The monoisotopic (exact) mass is 383 g/mol. The number of piperidine rings is 1. The highest BCUT2D eigenvalue weighted by Gasteiger charge is 2.20. The minimum absolute atomic E-state index is 0.978. The Balaban J connectivity index is 0.00000110. The van der Waals surface area contributed by atoms with Gasteiger partial charge in [0, 0.05) is 5.92 Å². The van der Waals surface area contributed by atoms with E-state index in [4.69, 9.17) is 0 Å². The van der Waals surface area contributed by atoms with Gasteiger partial charge in [0.2, 0.25) is 0 Å². The summed E-state index contributed by atoms with van der Waals surface area (Å²) in [4.78, 5) is 1.89. The van der Waals surface area contributed by atoms with Crippen LogP contribution in [0.1, 0.15) is 104 Å². The first-order valence-corrected chi connectivity index (χ1v) is 11.0. The zero-order valence-electron chi connectivity index (χ0n) is 17.2. The number of hydrogen-bond donors (Lipinski definition) is 1. The lowest BCUT2D eigenvalue weighted by Crippen LogP contribution is -3.13. The van der Waals surface area contributed by atoms with E-state index in [1.54, 1.807) is 0 Å². The number of unbranched alkanes of at least 4 members (excludes halogenated alkanes) is 11. The number of likely N-dealkylation sites (tertiary alicyclic amines) is 1. The van der Waals surface area contributed by atoms with Gasteiger partial charge in [0.15, 0.2) is 0 Å². The van der Waals surface area contributed by atoms with Gasteiger partial charge in [-0.2, -0.15) is 0 Å². The molecule has 0 amide bonds. The summed E-state index contributed by atoms with van der Waals surface area (Å²) in [5, 5.41) is 0. The Labute approximate surface area is 159 Å². The van der Waals surface area contributed by atoms with Gasteiger partial charge in [0.1, 0.15) is 0 Å². The molecule has 1 nitrogen and oxygen atoms in total. The molecule has 1 saturated heterocycles. The SMILES string of the molecule is CCCCCCCCCCCCCC[NH+]1CCCC(C)C1.F[B-](F)(F)F. The lowest BCUT2D eigenvalue weighted by atomic mass is 10.00. The first-order chi connectivity index (χ1) is 12.3. The molecule has 2 atom stereocenters. The third-order valence-corrected chi connectivity index (χ3v) is 5.25. The summed E-state index contributed by atoms with van der Waals surface area (Å²) in [6, 6.07) is 0. The lowest BCUT2D eigenvalue weighted by molar-refractivity contribution is -0.908. The molecule has 1 rings (SSSR count). The van der Waals surface area contributed by atoms with Crippen LogP contribution in [0.4, 0.5) is 17.3 Å². The summed E-state index contributed by atoms with van der Waals surface area (Å²) >= 11 is 0.